The third-order valence-corrected chi connectivity index (χ3v) is 4.26. The Kier molecular flexibility index (Phi) is 5.86. The molecule has 0 spiro atoms. The lowest BCUT2D eigenvalue weighted by molar-refractivity contribution is 0.157. The van der Waals surface area contributed by atoms with E-state index in [9.17, 15) is 0 Å². The van der Waals surface area contributed by atoms with Crippen LogP contribution in [-0.4, -0.2) is 46.9 Å². The van der Waals surface area contributed by atoms with Crippen molar-refractivity contribution < 1.29 is 0 Å². The van der Waals surface area contributed by atoms with E-state index in [0.29, 0.717) is 6.04 Å². The fraction of sp³-hybridized carbons (Fsp3) is 0.800. The van der Waals surface area contributed by atoms with Gasteiger partial charge in [0.15, 0.2) is 0 Å². The Labute approximate surface area is 117 Å². The number of piperidine rings is 1. The standard InChI is InChI=1S/C15H28N4/c1-3-7-16-14(2)15-5-10-18(11-6-15)12-13-19-9-4-8-17-19/h4,8-9,14-16H,3,5-7,10-13H2,1-2H3. The SMILES string of the molecule is CCCNC(C)C1CCN(CCn2cccn2)CC1. The highest BCUT2D eigenvalue weighted by atomic mass is 15.3. The number of nitrogens with zero attached hydrogens (tertiary/aromatic N) is 3. The van der Waals surface area contributed by atoms with E-state index in [1.165, 1.54) is 32.4 Å². The molecular weight excluding hydrogens is 236 g/mol. The first-order valence-corrected chi connectivity index (χ1v) is 7.72. The Morgan fingerprint density at radius 2 is 2.11 bits per heavy atom. The van der Waals surface area contributed by atoms with E-state index in [1.54, 1.807) is 0 Å². The zero-order valence-electron chi connectivity index (χ0n) is 12.4. The Morgan fingerprint density at radius 1 is 1.32 bits per heavy atom. The molecule has 0 aliphatic carbocycles. The van der Waals surface area contributed by atoms with Crippen LogP contribution in [0.4, 0.5) is 0 Å². The highest BCUT2D eigenvalue weighted by Crippen LogP contribution is 2.20. The van der Waals surface area contributed by atoms with Crippen molar-refractivity contribution >= 4 is 0 Å². The van der Waals surface area contributed by atoms with Crippen LogP contribution < -0.4 is 5.32 Å². The lowest BCUT2D eigenvalue weighted by Gasteiger charge is -2.35. The monoisotopic (exact) mass is 264 g/mol. The van der Waals surface area contributed by atoms with Gasteiger partial charge in [0.25, 0.3) is 0 Å². The summed E-state index contributed by atoms with van der Waals surface area (Å²) in [6, 6.07) is 2.67. The van der Waals surface area contributed by atoms with Crippen LogP contribution in [0.2, 0.25) is 0 Å². The average Bonchev–Trinajstić information content (AvgIpc) is 2.96. The van der Waals surface area contributed by atoms with Crippen LogP contribution in [0.3, 0.4) is 0 Å². The van der Waals surface area contributed by atoms with Crippen molar-refractivity contribution in [3.8, 4) is 0 Å². The van der Waals surface area contributed by atoms with Gasteiger partial charge in [-0.15, -0.1) is 0 Å². The van der Waals surface area contributed by atoms with Gasteiger partial charge in [0.1, 0.15) is 0 Å². The normalized spacial score (nSPS) is 19.7. The van der Waals surface area contributed by atoms with Gasteiger partial charge in [-0.05, 0) is 57.8 Å². The van der Waals surface area contributed by atoms with Crippen LogP contribution in [0.25, 0.3) is 0 Å². The molecule has 1 aliphatic heterocycles. The second kappa shape index (κ2) is 7.65. The number of nitrogens with one attached hydrogen (secondary N) is 1. The smallest absolute Gasteiger partial charge is 0.0536 e. The summed E-state index contributed by atoms with van der Waals surface area (Å²) in [5, 5.41) is 7.90. The molecule has 2 heterocycles. The molecule has 0 aromatic carbocycles. The maximum absolute atomic E-state index is 4.26. The first-order chi connectivity index (χ1) is 9.29. The fourth-order valence-electron chi connectivity index (χ4n) is 2.89. The predicted molar refractivity (Wildman–Crippen MR) is 79.1 cm³/mol. The fourth-order valence-corrected chi connectivity index (χ4v) is 2.89. The van der Waals surface area contributed by atoms with Crippen LogP contribution in [0.1, 0.15) is 33.1 Å². The van der Waals surface area contributed by atoms with E-state index in [0.717, 1.165) is 25.6 Å². The summed E-state index contributed by atoms with van der Waals surface area (Å²) >= 11 is 0. The van der Waals surface area contributed by atoms with E-state index in [-0.39, 0.29) is 0 Å². The van der Waals surface area contributed by atoms with Gasteiger partial charge in [-0.1, -0.05) is 6.92 Å². The highest BCUT2D eigenvalue weighted by molar-refractivity contribution is 4.81. The number of hydrogen-bond acceptors (Lipinski definition) is 3. The zero-order valence-corrected chi connectivity index (χ0v) is 12.4. The number of rotatable bonds is 7. The summed E-state index contributed by atoms with van der Waals surface area (Å²) in [6.07, 6.45) is 7.79. The van der Waals surface area contributed by atoms with E-state index in [4.69, 9.17) is 0 Å². The summed E-state index contributed by atoms with van der Waals surface area (Å²) < 4.78 is 2.03. The van der Waals surface area contributed by atoms with Crippen molar-refractivity contribution in [2.45, 2.75) is 45.7 Å². The molecular formula is C15H28N4. The second-order valence-electron chi connectivity index (χ2n) is 5.69. The summed E-state index contributed by atoms with van der Waals surface area (Å²) in [7, 11) is 0. The molecule has 1 aromatic heterocycles. The Hall–Kier alpha value is -0.870. The Balaban J connectivity index is 1.64. The van der Waals surface area contributed by atoms with E-state index in [2.05, 4.69) is 29.2 Å². The van der Waals surface area contributed by atoms with E-state index >= 15 is 0 Å². The molecule has 1 fully saturated rings. The zero-order chi connectivity index (χ0) is 13.5. The van der Waals surface area contributed by atoms with Crippen LogP contribution in [0.5, 0.6) is 0 Å². The predicted octanol–water partition coefficient (Wildman–Crippen LogP) is 1.98. The van der Waals surface area contributed by atoms with Crippen molar-refractivity contribution in [1.82, 2.24) is 20.0 Å². The molecule has 1 aliphatic rings. The van der Waals surface area contributed by atoms with Gasteiger partial charge in [0, 0.05) is 25.0 Å². The molecule has 19 heavy (non-hydrogen) atoms. The van der Waals surface area contributed by atoms with Gasteiger partial charge in [0.2, 0.25) is 0 Å². The highest BCUT2D eigenvalue weighted by Gasteiger charge is 2.23. The minimum atomic E-state index is 0.674. The maximum atomic E-state index is 4.26. The molecule has 108 valence electrons. The molecule has 1 atom stereocenters. The van der Waals surface area contributed by atoms with Gasteiger partial charge < -0.3 is 10.2 Å². The van der Waals surface area contributed by atoms with Crippen LogP contribution >= 0.6 is 0 Å². The van der Waals surface area contributed by atoms with Gasteiger partial charge in [-0.25, -0.2) is 0 Å². The Morgan fingerprint density at radius 3 is 2.74 bits per heavy atom. The molecule has 4 nitrogen and oxygen atoms in total. The average molecular weight is 264 g/mol. The summed E-state index contributed by atoms with van der Waals surface area (Å²) in [6.45, 7) is 10.4. The molecule has 0 amide bonds. The van der Waals surface area contributed by atoms with Gasteiger partial charge in [-0.2, -0.15) is 5.10 Å². The number of likely N-dealkylation sites (tertiary alicyclic amines) is 1. The molecule has 4 heteroatoms. The van der Waals surface area contributed by atoms with Crippen LogP contribution in [-0.2, 0) is 6.54 Å². The Bertz CT molecular complexity index is 328. The largest absolute Gasteiger partial charge is 0.314 e. The van der Waals surface area contributed by atoms with Crippen molar-refractivity contribution in [1.29, 1.82) is 0 Å². The molecule has 1 saturated heterocycles. The second-order valence-corrected chi connectivity index (χ2v) is 5.69. The quantitative estimate of drug-likeness (QED) is 0.817. The van der Waals surface area contributed by atoms with Crippen molar-refractivity contribution in [3.63, 3.8) is 0 Å². The molecule has 0 saturated carbocycles. The van der Waals surface area contributed by atoms with Crippen molar-refractivity contribution in [3.05, 3.63) is 18.5 Å². The summed E-state index contributed by atoms with van der Waals surface area (Å²) in [5.74, 6) is 0.854. The topological polar surface area (TPSA) is 33.1 Å². The molecule has 0 radical (unpaired) electrons. The van der Waals surface area contributed by atoms with Gasteiger partial charge >= 0.3 is 0 Å². The molecule has 1 unspecified atom stereocenters. The van der Waals surface area contributed by atoms with Crippen LogP contribution in [0.15, 0.2) is 18.5 Å². The summed E-state index contributed by atoms with van der Waals surface area (Å²) in [5.41, 5.74) is 0. The van der Waals surface area contributed by atoms with E-state index in [1.807, 2.05) is 23.1 Å². The maximum Gasteiger partial charge on any atom is 0.0536 e. The van der Waals surface area contributed by atoms with Crippen molar-refractivity contribution in [2.24, 2.45) is 5.92 Å². The third-order valence-electron chi connectivity index (χ3n) is 4.26. The van der Waals surface area contributed by atoms with Gasteiger partial charge in [0.05, 0.1) is 6.54 Å². The molecule has 0 bridgehead atoms. The van der Waals surface area contributed by atoms with Gasteiger partial charge in [-0.3, -0.25) is 4.68 Å². The minimum Gasteiger partial charge on any atom is -0.314 e. The lowest BCUT2D eigenvalue weighted by Crippen LogP contribution is -2.43. The van der Waals surface area contributed by atoms with Crippen molar-refractivity contribution in [2.75, 3.05) is 26.2 Å². The molecule has 1 N–H and O–H groups in total. The number of aromatic nitrogens is 2. The minimum absolute atomic E-state index is 0.674. The van der Waals surface area contributed by atoms with Crippen LogP contribution in [0, 0.1) is 5.92 Å². The summed E-state index contributed by atoms with van der Waals surface area (Å²) in [4.78, 5) is 2.57. The first kappa shape index (κ1) is 14.5. The van der Waals surface area contributed by atoms with E-state index < -0.39 is 0 Å². The number of hydrogen-bond donors (Lipinski definition) is 1. The first-order valence-electron chi connectivity index (χ1n) is 7.72. The molecule has 2 rings (SSSR count). The lowest BCUT2D eigenvalue weighted by atomic mass is 9.90. The third kappa shape index (κ3) is 4.62. The molecule has 1 aromatic rings.